The van der Waals surface area contributed by atoms with Crippen molar-refractivity contribution in [3.63, 3.8) is 0 Å². The predicted octanol–water partition coefficient (Wildman–Crippen LogP) is 2.28. The van der Waals surface area contributed by atoms with Crippen molar-refractivity contribution in [2.75, 3.05) is 13.2 Å². The molecule has 92 valence electrons. The fraction of sp³-hybridized carbons (Fsp3) is 0.571. The van der Waals surface area contributed by atoms with Crippen molar-refractivity contribution >= 4 is 0 Å². The lowest BCUT2D eigenvalue weighted by Gasteiger charge is -2.37. The molecule has 0 saturated heterocycles. The summed E-state index contributed by atoms with van der Waals surface area (Å²) in [5.74, 6) is 1.03. The maximum absolute atomic E-state index is 5.66. The van der Waals surface area contributed by atoms with Gasteiger partial charge in [0.05, 0.1) is 12.1 Å². The molecule has 2 aliphatic rings. The van der Waals surface area contributed by atoms with Gasteiger partial charge in [-0.05, 0) is 25.8 Å². The second-order valence-electron chi connectivity index (χ2n) is 4.81. The lowest BCUT2D eigenvalue weighted by Crippen LogP contribution is -2.47. The molecule has 1 heterocycles. The first-order chi connectivity index (χ1) is 8.36. The molecule has 1 aromatic rings. The fourth-order valence-corrected chi connectivity index (χ4v) is 2.66. The molecule has 0 radical (unpaired) electrons. The number of para-hydroxylation sites is 1. The first kappa shape index (κ1) is 11.1. The van der Waals surface area contributed by atoms with Crippen LogP contribution in [0.25, 0.3) is 0 Å². The minimum absolute atomic E-state index is 0.360. The van der Waals surface area contributed by atoms with Crippen molar-refractivity contribution in [3.05, 3.63) is 29.8 Å². The first-order valence-electron chi connectivity index (χ1n) is 6.46. The van der Waals surface area contributed by atoms with Gasteiger partial charge in [-0.1, -0.05) is 18.2 Å². The SMILES string of the molecule is CCOC1CC(NC2COc3ccccc32)C1. The Morgan fingerprint density at radius 1 is 1.35 bits per heavy atom. The quantitative estimate of drug-likeness (QED) is 0.865. The normalized spacial score (nSPS) is 30.5. The van der Waals surface area contributed by atoms with E-state index in [2.05, 4.69) is 24.4 Å². The van der Waals surface area contributed by atoms with Gasteiger partial charge in [-0.15, -0.1) is 0 Å². The van der Waals surface area contributed by atoms with Gasteiger partial charge >= 0.3 is 0 Å². The topological polar surface area (TPSA) is 30.5 Å². The van der Waals surface area contributed by atoms with Crippen LogP contribution < -0.4 is 10.1 Å². The van der Waals surface area contributed by atoms with E-state index >= 15 is 0 Å². The van der Waals surface area contributed by atoms with Gasteiger partial charge in [0.25, 0.3) is 0 Å². The van der Waals surface area contributed by atoms with Crippen LogP contribution in [0.1, 0.15) is 31.4 Å². The third kappa shape index (κ3) is 2.17. The summed E-state index contributed by atoms with van der Waals surface area (Å²) >= 11 is 0. The van der Waals surface area contributed by atoms with Gasteiger partial charge in [0.1, 0.15) is 12.4 Å². The summed E-state index contributed by atoms with van der Waals surface area (Å²) in [6.07, 6.45) is 2.73. The van der Waals surface area contributed by atoms with E-state index in [0.717, 1.165) is 31.8 Å². The molecule has 1 aromatic carbocycles. The Morgan fingerprint density at radius 3 is 3.00 bits per heavy atom. The average Bonchev–Trinajstić information content (AvgIpc) is 2.70. The monoisotopic (exact) mass is 233 g/mol. The van der Waals surface area contributed by atoms with E-state index in [1.807, 2.05) is 12.1 Å². The van der Waals surface area contributed by atoms with Crippen LogP contribution in [0.2, 0.25) is 0 Å². The van der Waals surface area contributed by atoms with Crippen LogP contribution in [0.5, 0.6) is 5.75 Å². The van der Waals surface area contributed by atoms with Crippen LogP contribution in [0.3, 0.4) is 0 Å². The van der Waals surface area contributed by atoms with Crippen molar-refractivity contribution in [1.82, 2.24) is 5.32 Å². The van der Waals surface area contributed by atoms with Gasteiger partial charge in [0.2, 0.25) is 0 Å². The molecule has 1 atom stereocenters. The van der Waals surface area contributed by atoms with E-state index in [0.29, 0.717) is 18.2 Å². The average molecular weight is 233 g/mol. The van der Waals surface area contributed by atoms with Crippen molar-refractivity contribution in [2.24, 2.45) is 0 Å². The van der Waals surface area contributed by atoms with Crippen LogP contribution in [-0.4, -0.2) is 25.4 Å². The first-order valence-corrected chi connectivity index (χ1v) is 6.46. The molecular weight excluding hydrogens is 214 g/mol. The highest BCUT2D eigenvalue weighted by atomic mass is 16.5. The van der Waals surface area contributed by atoms with Gasteiger partial charge in [-0.25, -0.2) is 0 Å². The zero-order chi connectivity index (χ0) is 11.7. The number of fused-ring (bicyclic) bond motifs is 1. The maximum atomic E-state index is 5.66. The zero-order valence-corrected chi connectivity index (χ0v) is 10.2. The number of benzene rings is 1. The van der Waals surface area contributed by atoms with Crippen molar-refractivity contribution < 1.29 is 9.47 Å². The van der Waals surface area contributed by atoms with Crippen molar-refractivity contribution in [2.45, 2.75) is 38.0 Å². The third-order valence-electron chi connectivity index (χ3n) is 3.63. The Kier molecular flexibility index (Phi) is 3.04. The molecule has 3 heteroatoms. The van der Waals surface area contributed by atoms with Crippen LogP contribution in [-0.2, 0) is 4.74 Å². The van der Waals surface area contributed by atoms with E-state index in [-0.39, 0.29) is 0 Å². The number of ether oxygens (including phenoxy) is 2. The molecule has 1 unspecified atom stereocenters. The second-order valence-corrected chi connectivity index (χ2v) is 4.81. The number of hydrogen-bond donors (Lipinski definition) is 1. The molecule has 3 nitrogen and oxygen atoms in total. The Bertz CT molecular complexity index is 388. The van der Waals surface area contributed by atoms with E-state index in [1.165, 1.54) is 5.56 Å². The van der Waals surface area contributed by atoms with Gasteiger partial charge in [-0.2, -0.15) is 0 Å². The Morgan fingerprint density at radius 2 is 2.18 bits per heavy atom. The molecule has 1 N–H and O–H groups in total. The van der Waals surface area contributed by atoms with Crippen LogP contribution in [0, 0.1) is 0 Å². The van der Waals surface area contributed by atoms with Crippen LogP contribution in [0.4, 0.5) is 0 Å². The Balaban J connectivity index is 1.55. The number of nitrogens with one attached hydrogen (secondary N) is 1. The summed E-state index contributed by atoms with van der Waals surface area (Å²) in [5.41, 5.74) is 1.30. The predicted molar refractivity (Wildman–Crippen MR) is 66.2 cm³/mol. The Hall–Kier alpha value is -1.06. The highest BCUT2D eigenvalue weighted by Gasteiger charge is 2.33. The fourth-order valence-electron chi connectivity index (χ4n) is 2.66. The molecule has 1 saturated carbocycles. The highest BCUT2D eigenvalue weighted by Crippen LogP contribution is 2.34. The van der Waals surface area contributed by atoms with Crippen LogP contribution in [0.15, 0.2) is 24.3 Å². The molecule has 0 bridgehead atoms. The summed E-state index contributed by atoms with van der Waals surface area (Å²) in [7, 11) is 0. The van der Waals surface area contributed by atoms with E-state index in [4.69, 9.17) is 9.47 Å². The molecule has 17 heavy (non-hydrogen) atoms. The van der Waals surface area contributed by atoms with Crippen LogP contribution >= 0.6 is 0 Å². The van der Waals surface area contributed by atoms with Gasteiger partial charge in [-0.3, -0.25) is 0 Å². The van der Waals surface area contributed by atoms with Gasteiger partial charge < -0.3 is 14.8 Å². The van der Waals surface area contributed by atoms with Gasteiger partial charge in [0.15, 0.2) is 0 Å². The minimum atomic E-state index is 0.360. The van der Waals surface area contributed by atoms with E-state index in [1.54, 1.807) is 0 Å². The molecule has 1 aliphatic carbocycles. The summed E-state index contributed by atoms with van der Waals surface area (Å²) in [6, 6.07) is 9.24. The molecule has 0 spiro atoms. The number of rotatable bonds is 4. The van der Waals surface area contributed by atoms with Gasteiger partial charge in [0, 0.05) is 18.2 Å². The number of hydrogen-bond acceptors (Lipinski definition) is 3. The lowest BCUT2D eigenvalue weighted by molar-refractivity contribution is -0.0129. The van der Waals surface area contributed by atoms with E-state index in [9.17, 15) is 0 Å². The lowest BCUT2D eigenvalue weighted by atomic mass is 9.88. The summed E-state index contributed by atoms with van der Waals surface area (Å²) in [6.45, 7) is 3.64. The molecule has 3 rings (SSSR count). The maximum Gasteiger partial charge on any atom is 0.124 e. The smallest absolute Gasteiger partial charge is 0.124 e. The highest BCUT2D eigenvalue weighted by molar-refractivity contribution is 5.39. The van der Waals surface area contributed by atoms with E-state index < -0.39 is 0 Å². The van der Waals surface area contributed by atoms with Crippen molar-refractivity contribution in [1.29, 1.82) is 0 Å². The largest absolute Gasteiger partial charge is 0.491 e. The zero-order valence-electron chi connectivity index (χ0n) is 10.2. The molecular formula is C14H19NO2. The summed E-state index contributed by atoms with van der Waals surface area (Å²) < 4.78 is 11.2. The third-order valence-corrected chi connectivity index (χ3v) is 3.63. The molecule has 1 fully saturated rings. The Labute approximate surface area is 102 Å². The molecule has 0 amide bonds. The molecule has 1 aliphatic heterocycles. The van der Waals surface area contributed by atoms with Crippen molar-refractivity contribution in [3.8, 4) is 5.75 Å². The standard InChI is InChI=1S/C14H19NO2/c1-2-16-11-7-10(8-11)15-13-9-17-14-6-4-3-5-12(13)14/h3-6,10-11,13,15H,2,7-9H2,1H3. The second kappa shape index (κ2) is 4.67. The summed E-state index contributed by atoms with van der Waals surface area (Å²) in [5, 5.41) is 3.65. The summed E-state index contributed by atoms with van der Waals surface area (Å²) in [4.78, 5) is 0. The minimum Gasteiger partial charge on any atom is -0.491 e. The molecule has 0 aromatic heterocycles.